The third-order valence-corrected chi connectivity index (χ3v) is 4.37. The van der Waals surface area contributed by atoms with Crippen LogP contribution in [0.15, 0.2) is 28.8 Å². The minimum absolute atomic E-state index is 0.0186. The highest BCUT2D eigenvalue weighted by Crippen LogP contribution is 2.15. The van der Waals surface area contributed by atoms with E-state index in [4.69, 9.17) is 9.26 Å². The SMILES string of the molecule is CC(C)c1noc(NCc2cccc(NC(=O)CCN3CCOCC3)c2)n1. The molecule has 146 valence electrons. The van der Waals surface area contributed by atoms with Crippen LogP contribution in [0.4, 0.5) is 11.7 Å². The minimum atomic E-state index is 0.0186. The average Bonchev–Trinajstić information content (AvgIpc) is 3.15. The number of anilines is 2. The van der Waals surface area contributed by atoms with Crippen molar-refractivity contribution in [1.82, 2.24) is 15.0 Å². The molecule has 0 saturated carbocycles. The van der Waals surface area contributed by atoms with Gasteiger partial charge in [-0.3, -0.25) is 9.69 Å². The maximum atomic E-state index is 12.2. The number of carbonyl (C=O) groups excluding carboxylic acids is 1. The lowest BCUT2D eigenvalue weighted by molar-refractivity contribution is -0.116. The molecule has 0 aliphatic carbocycles. The molecule has 1 aromatic carbocycles. The topological polar surface area (TPSA) is 92.5 Å². The molecule has 1 amide bonds. The molecule has 0 bridgehead atoms. The van der Waals surface area contributed by atoms with Crippen molar-refractivity contribution in [2.75, 3.05) is 43.5 Å². The molecule has 8 nitrogen and oxygen atoms in total. The molecule has 2 heterocycles. The van der Waals surface area contributed by atoms with Crippen LogP contribution in [0.3, 0.4) is 0 Å². The van der Waals surface area contributed by atoms with Gasteiger partial charge in [0.15, 0.2) is 5.82 Å². The summed E-state index contributed by atoms with van der Waals surface area (Å²) < 4.78 is 10.5. The third kappa shape index (κ3) is 6.04. The lowest BCUT2D eigenvalue weighted by Gasteiger charge is -2.26. The Kier molecular flexibility index (Phi) is 6.78. The van der Waals surface area contributed by atoms with Crippen LogP contribution in [0.2, 0.25) is 0 Å². The number of hydrogen-bond donors (Lipinski definition) is 2. The first-order valence-corrected chi connectivity index (χ1v) is 9.36. The van der Waals surface area contributed by atoms with Crippen molar-refractivity contribution in [3.8, 4) is 0 Å². The molecule has 27 heavy (non-hydrogen) atoms. The molecule has 1 aliphatic heterocycles. The zero-order valence-corrected chi connectivity index (χ0v) is 15.9. The molecular formula is C19H27N5O3. The number of aromatic nitrogens is 2. The average molecular weight is 373 g/mol. The third-order valence-electron chi connectivity index (χ3n) is 4.37. The normalized spacial score (nSPS) is 15.1. The van der Waals surface area contributed by atoms with E-state index >= 15 is 0 Å². The fourth-order valence-electron chi connectivity index (χ4n) is 2.79. The Morgan fingerprint density at radius 2 is 2.11 bits per heavy atom. The lowest BCUT2D eigenvalue weighted by atomic mass is 10.2. The minimum Gasteiger partial charge on any atom is -0.379 e. The van der Waals surface area contributed by atoms with Crippen molar-refractivity contribution in [3.63, 3.8) is 0 Å². The summed E-state index contributed by atoms with van der Waals surface area (Å²) in [7, 11) is 0. The van der Waals surface area contributed by atoms with Crippen LogP contribution < -0.4 is 10.6 Å². The number of amides is 1. The Morgan fingerprint density at radius 1 is 1.30 bits per heavy atom. The van der Waals surface area contributed by atoms with E-state index in [1.54, 1.807) is 0 Å². The van der Waals surface area contributed by atoms with Crippen LogP contribution in [-0.4, -0.2) is 53.8 Å². The van der Waals surface area contributed by atoms with Crippen LogP contribution >= 0.6 is 0 Å². The molecule has 1 aliphatic rings. The summed E-state index contributed by atoms with van der Waals surface area (Å²) in [6.07, 6.45) is 0.475. The molecule has 0 atom stereocenters. The zero-order chi connectivity index (χ0) is 19.1. The number of ether oxygens (including phenoxy) is 1. The number of carbonyl (C=O) groups is 1. The Balaban J connectivity index is 1.46. The second-order valence-corrected chi connectivity index (χ2v) is 6.92. The van der Waals surface area contributed by atoms with E-state index in [2.05, 4.69) is 25.7 Å². The first-order valence-electron chi connectivity index (χ1n) is 9.36. The Bertz CT molecular complexity index is 740. The summed E-state index contributed by atoms with van der Waals surface area (Å²) in [6, 6.07) is 8.13. The number of rotatable bonds is 8. The zero-order valence-electron chi connectivity index (χ0n) is 15.9. The summed E-state index contributed by atoms with van der Waals surface area (Å²) in [5, 5.41) is 10.0. The van der Waals surface area contributed by atoms with Crippen LogP contribution in [-0.2, 0) is 16.1 Å². The van der Waals surface area contributed by atoms with Crippen LogP contribution in [0.1, 0.15) is 37.6 Å². The van der Waals surface area contributed by atoms with Crippen molar-refractivity contribution < 1.29 is 14.1 Å². The van der Waals surface area contributed by atoms with Gasteiger partial charge in [-0.25, -0.2) is 0 Å². The van der Waals surface area contributed by atoms with Crippen molar-refractivity contribution in [1.29, 1.82) is 0 Å². The summed E-state index contributed by atoms with van der Waals surface area (Å²) in [5.74, 6) is 0.921. The van der Waals surface area contributed by atoms with Gasteiger partial charge in [0.1, 0.15) is 0 Å². The summed E-state index contributed by atoms with van der Waals surface area (Å²) in [6.45, 7) is 8.60. The highest BCUT2D eigenvalue weighted by atomic mass is 16.5. The number of morpholine rings is 1. The van der Waals surface area contributed by atoms with Gasteiger partial charge in [-0.05, 0) is 17.7 Å². The summed E-state index contributed by atoms with van der Waals surface area (Å²) in [5.41, 5.74) is 1.81. The maximum absolute atomic E-state index is 12.2. The van der Waals surface area contributed by atoms with Crippen LogP contribution in [0.25, 0.3) is 0 Å². The van der Waals surface area contributed by atoms with Gasteiger partial charge in [-0.15, -0.1) is 0 Å². The number of benzene rings is 1. The fraction of sp³-hybridized carbons (Fsp3) is 0.526. The predicted octanol–water partition coefficient (Wildman–Crippen LogP) is 2.47. The first-order chi connectivity index (χ1) is 13.1. The molecule has 1 fully saturated rings. The molecule has 8 heteroatoms. The Hall–Kier alpha value is -2.45. The first kappa shape index (κ1) is 19.3. The molecule has 2 N–H and O–H groups in total. The summed E-state index contributed by atoms with van der Waals surface area (Å²) >= 11 is 0. The van der Waals surface area contributed by atoms with E-state index in [9.17, 15) is 4.79 Å². The second-order valence-electron chi connectivity index (χ2n) is 6.92. The van der Waals surface area contributed by atoms with Crippen molar-refractivity contribution >= 4 is 17.6 Å². The highest BCUT2D eigenvalue weighted by molar-refractivity contribution is 5.90. The van der Waals surface area contributed by atoms with Gasteiger partial charge in [0.25, 0.3) is 0 Å². The van der Waals surface area contributed by atoms with E-state index in [0.29, 0.717) is 24.8 Å². The van der Waals surface area contributed by atoms with E-state index in [0.717, 1.165) is 44.1 Å². The largest absolute Gasteiger partial charge is 0.379 e. The molecule has 0 unspecified atom stereocenters. The molecule has 3 rings (SSSR count). The molecule has 2 aromatic rings. The number of nitrogens with zero attached hydrogens (tertiary/aromatic N) is 3. The van der Waals surface area contributed by atoms with Gasteiger partial charge in [0.05, 0.1) is 13.2 Å². The van der Waals surface area contributed by atoms with Crippen LogP contribution in [0.5, 0.6) is 0 Å². The molecule has 1 aromatic heterocycles. The smallest absolute Gasteiger partial charge is 0.321 e. The quantitative estimate of drug-likeness (QED) is 0.734. The van der Waals surface area contributed by atoms with Crippen molar-refractivity contribution in [2.24, 2.45) is 0 Å². The van der Waals surface area contributed by atoms with Gasteiger partial charge < -0.3 is 19.9 Å². The van der Waals surface area contributed by atoms with E-state index < -0.39 is 0 Å². The molecule has 1 saturated heterocycles. The van der Waals surface area contributed by atoms with E-state index in [-0.39, 0.29) is 11.8 Å². The maximum Gasteiger partial charge on any atom is 0.321 e. The Morgan fingerprint density at radius 3 is 2.85 bits per heavy atom. The second kappa shape index (κ2) is 9.48. The molecule has 0 radical (unpaired) electrons. The van der Waals surface area contributed by atoms with Gasteiger partial charge in [-0.1, -0.05) is 31.1 Å². The Labute approximate surface area is 159 Å². The molecule has 0 spiro atoms. The van der Waals surface area contributed by atoms with Crippen molar-refractivity contribution in [3.05, 3.63) is 35.7 Å². The number of nitrogens with one attached hydrogen (secondary N) is 2. The van der Waals surface area contributed by atoms with E-state index in [1.165, 1.54) is 0 Å². The van der Waals surface area contributed by atoms with Crippen LogP contribution in [0, 0.1) is 0 Å². The van der Waals surface area contributed by atoms with Gasteiger partial charge in [0, 0.05) is 44.2 Å². The molecular weight excluding hydrogens is 346 g/mol. The highest BCUT2D eigenvalue weighted by Gasteiger charge is 2.12. The fourth-order valence-corrected chi connectivity index (χ4v) is 2.79. The van der Waals surface area contributed by atoms with Gasteiger partial charge >= 0.3 is 6.01 Å². The standard InChI is InChI=1S/C19H27N5O3/c1-14(2)18-22-19(27-23-18)20-13-15-4-3-5-16(12-15)21-17(25)6-7-24-8-10-26-11-9-24/h3-5,12,14H,6-11,13H2,1-2H3,(H,21,25)(H,20,22,23). The number of hydrogen-bond acceptors (Lipinski definition) is 7. The monoisotopic (exact) mass is 373 g/mol. The van der Waals surface area contributed by atoms with Crippen molar-refractivity contribution in [2.45, 2.75) is 32.7 Å². The van der Waals surface area contributed by atoms with Gasteiger partial charge in [0.2, 0.25) is 5.91 Å². The predicted molar refractivity (Wildman–Crippen MR) is 103 cm³/mol. The van der Waals surface area contributed by atoms with Gasteiger partial charge in [-0.2, -0.15) is 4.98 Å². The lowest BCUT2D eigenvalue weighted by Crippen LogP contribution is -2.38. The van der Waals surface area contributed by atoms with E-state index in [1.807, 2.05) is 38.1 Å². The summed E-state index contributed by atoms with van der Waals surface area (Å²) in [4.78, 5) is 18.7.